The van der Waals surface area contributed by atoms with Gasteiger partial charge in [-0.1, -0.05) is 24.3 Å². The average Bonchev–Trinajstić information content (AvgIpc) is 2.93. The van der Waals surface area contributed by atoms with E-state index in [1.54, 1.807) is 0 Å². The van der Waals surface area contributed by atoms with E-state index in [0.717, 1.165) is 25.7 Å². The van der Waals surface area contributed by atoms with Gasteiger partial charge in [-0.2, -0.15) is 0 Å². The molecule has 3 rings (SSSR count). The molecule has 2 unspecified atom stereocenters. The van der Waals surface area contributed by atoms with Gasteiger partial charge in [0.25, 0.3) is 0 Å². The van der Waals surface area contributed by atoms with E-state index in [1.807, 2.05) is 17.0 Å². The Morgan fingerprint density at radius 2 is 2.05 bits per heavy atom. The van der Waals surface area contributed by atoms with E-state index in [9.17, 15) is 9.59 Å². The second-order valence-electron chi connectivity index (χ2n) is 6.18. The van der Waals surface area contributed by atoms with Crippen molar-refractivity contribution in [2.24, 2.45) is 5.92 Å². The molecule has 4 nitrogen and oxygen atoms in total. The Bertz CT molecular complexity index is 555. The standard InChI is InChI=1S/C17H21NO3/c19-16(20)10-12-8-9-18(11-12)17(21)15-7-3-5-13-4-1-2-6-14(13)15/h1-2,4,6,12,15H,3,5,7-11H2,(H,19,20). The molecule has 1 aliphatic heterocycles. The Kier molecular flexibility index (Phi) is 3.95. The summed E-state index contributed by atoms with van der Waals surface area (Å²) < 4.78 is 0. The minimum absolute atomic E-state index is 0.0291. The van der Waals surface area contributed by atoms with Crippen molar-refractivity contribution in [1.82, 2.24) is 4.90 Å². The van der Waals surface area contributed by atoms with Gasteiger partial charge in [0, 0.05) is 19.5 Å². The highest BCUT2D eigenvalue weighted by atomic mass is 16.4. The fourth-order valence-corrected chi connectivity index (χ4v) is 3.68. The molecule has 112 valence electrons. The number of amides is 1. The van der Waals surface area contributed by atoms with Crippen molar-refractivity contribution in [3.8, 4) is 0 Å². The van der Waals surface area contributed by atoms with E-state index in [-0.39, 0.29) is 24.2 Å². The van der Waals surface area contributed by atoms with Gasteiger partial charge >= 0.3 is 5.97 Å². The molecule has 4 heteroatoms. The number of hydrogen-bond donors (Lipinski definition) is 1. The fourth-order valence-electron chi connectivity index (χ4n) is 3.68. The van der Waals surface area contributed by atoms with Crippen LogP contribution in [0.25, 0.3) is 0 Å². The first kappa shape index (κ1) is 14.1. The summed E-state index contributed by atoms with van der Waals surface area (Å²) in [4.78, 5) is 25.4. The molecular formula is C17H21NO3. The molecule has 0 aromatic heterocycles. The minimum atomic E-state index is -0.766. The highest BCUT2D eigenvalue weighted by molar-refractivity contribution is 5.84. The van der Waals surface area contributed by atoms with E-state index in [2.05, 4.69) is 12.1 Å². The molecule has 1 saturated heterocycles. The molecule has 0 spiro atoms. The third kappa shape index (κ3) is 2.94. The molecule has 1 heterocycles. The summed E-state index contributed by atoms with van der Waals surface area (Å²) in [7, 11) is 0. The average molecular weight is 287 g/mol. The van der Waals surface area contributed by atoms with Gasteiger partial charge in [-0.3, -0.25) is 9.59 Å². The lowest BCUT2D eigenvalue weighted by molar-refractivity contribution is -0.138. The first-order valence-corrected chi connectivity index (χ1v) is 7.73. The number of carboxylic acid groups (broad SMARTS) is 1. The van der Waals surface area contributed by atoms with Gasteiger partial charge in [-0.15, -0.1) is 0 Å². The third-order valence-electron chi connectivity index (χ3n) is 4.73. The van der Waals surface area contributed by atoms with Crippen LogP contribution in [0.15, 0.2) is 24.3 Å². The predicted octanol–water partition coefficient (Wildman–Crippen LogP) is 2.43. The molecule has 1 N–H and O–H groups in total. The molecule has 0 bridgehead atoms. The molecule has 2 atom stereocenters. The maximum Gasteiger partial charge on any atom is 0.303 e. The van der Waals surface area contributed by atoms with Crippen LogP contribution in [0.4, 0.5) is 0 Å². The zero-order valence-corrected chi connectivity index (χ0v) is 12.1. The number of carbonyl (C=O) groups excluding carboxylic acids is 1. The highest BCUT2D eigenvalue weighted by Gasteiger charge is 2.34. The Hall–Kier alpha value is -1.84. The summed E-state index contributed by atoms with van der Waals surface area (Å²) in [5.74, 6) is -0.490. The zero-order chi connectivity index (χ0) is 14.8. The lowest BCUT2D eigenvalue weighted by atomic mass is 9.82. The van der Waals surface area contributed by atoms with Gasteiger partial charge < -0.3 is 10.0 Å². The molecule has 1 fully saturated rings. The quantitative estimate of drug-likeness (QED) is 0.929. The summed E-state index contributed by atoms with van der Waals surface area (Å²) in [6.07, 6.45) is 4.01. The van der Waals surface area contributed by atoms with Gasteiger partial charge in [0.1, 0.15) is 0 Å². The zero-order valence-electron chi connectivity index (χ0n) is 12.1. The monoisotopic (exact) mass is 287 g/mol. The Morgan fingerprint density at radius 1 is 1.24 bits per heavy atom. The number of fused-ring (bicyclic) bond motifs is 1. The van der Waals surface area contributed by atoms with E-state index in [0.29, 0.717) is 13.1 Å². The maximum absolute atomic E-state index is 12.8. The summed E-state index contributed by atoms with van der Waals surface area (Å²) in [5, 5.41) is 8.87. The number of aryl methyl sites for hydroxylation is 1. The van der Waals surface area contributed by atoms with Gasteiger partial charge in [0.2, 0.25) is 5.91 Å². The summed E-state index contributed by atoms with van der Waals surface area (Å²) in [6, 6.07) is 8.22. The number of carbonyl (C=O) groups is 2. The van der Waals surface area contributed by atoms with Gasteiger partial charge in [-0.05, 0) is 42.7 Å². The van der Waals surface area contributed by atoms with Crippen LogP contribution >= 0.6 is 0 Å². The van der Waals surface area contributed by atoms with Crippen molar-refractivity contribution in [3.63, 3.8) is 0 Å². The van der Waals surface area contributed by atoms with E-state index in [4.69, 9.17) is 5.11 Å². The SMILES string of the molecule is O=C(O)CC1CCN(C(=O)C2CCCc3ccccc32)C1. The van der Waals surface area contributed by atoms with E-state index >= 15 is 0 Å². The normalized spacial score (nSPS) is 24.7. The maximum atomic E-state index is 12.8. The van der Waals surface area contributed by atoms with Crippen LogP contribution < -0.4 is 0 Å². The van der Waals surface area contributed by atoms with Crippen LogP contribution in [0.5, 0.6) is 0 Å². The van der Waals surface area contributed by atoms with Crippen molar-refractivity contribution >= 4 is 11.9 Å². The number of carboxylic acids is 1. The molecule has 0 radical (unpaired) electrons. The van der Waals surface area contributed by atoms with Crippen LogP contribution in [0.3, 0.4) is 0 Å². The Labute approximate surface area is 124 Å². The summed E-state index contributed by atoms with van der Waals surface area (Å²) >= 11 is 0. The molecule has 2 aliphatic rings. The molecule has 1 aliphatic carbocycles. The smallest absolute Gasteiger partial charge is 0.303 e. The second kappa shape index (κ2) is 5.88. The first-order valence-electron chi connectivity index (χ1n) is 7.73. The van der Waals surface area contributed by atoms with Gasteiger partial charge in [0.15, 0.2) is 0 Å². The summed E-state index contributed by atoms with van der Waals surface area (Å²) in [6.45, 7) is 1.30. The highest BCUT2D eigenvalue weighted by Crippen LogP contribution is 2.34. The Morgan fingerprint density at radius 3 is 2.86 bits per heavy atom. The van der Waals surface area contributed by atoms with Crippen molar-refractivity contribution in [2.75, 3.05) is 13.1 Å². The molecular weight excluding hydrogens is 266 g/mol. The fraction of sp³-hybridized carbons (Fsp3) is 0.529. The largest absolute Gasteiger partial charge is 0.481 e. The third-order valence-corrected chi connectivity index (χ3v) is 4.73. The molecule has 1 amide bonds. The van der Waals surface area contributed by atoms with Crippen molar-refractivity contribution in [2.45, 2.75) is 38.0 Å². The van der Waals surface area contributed by atoms with Crippen LogP contribution in [0, 0.1) is 5.92 Å². The number of rotatable bonds is 3. The molecule has 21 heavy (non-hydrogen) atoms. The van der Waals surface area contributed by atoms with Crippen LogP contribution in [0.2, 0.25) is 0 Å². The molecule has 1 aromatic rings. The molecule has 1 aromatic carbocycles. The summed E-state index contributed by atoms with van der Waals surface area (Å²) in [5.41, 5.74) is 2.47. The second-order valence-corrected chi connectivity index (χ2v) is 6.18. The lowest BCUT2D eigenvalue weighted by Crippen LogP contribution is -2.35. The van der Waals surface area contributed by atoms with Crippen LogP contribution in [-0.4, -0.2) is 35.0 Å². The first-order chi connectivity index (χ1) is 10.1. The van der Waals surface area contributed by atoms with Crippen molar-refractivity contribution in [1.29, 1.82) is 0 Å². The Balaban J connectivity index is 1.71. The predicted molar refractivity (Wildman–Crippen MR) is 79.1 cm³/mol. The number of nitrogens with zero attached hydrogens (tertiary/aromatic N) is 1. The number of likely N-dealkylation sites (tertiary alicyclic amines) is 1. The number of aliphatic carboxylic acids is 1. The molecule has 0 saturated carbocycles. The van der Waals surface area contributed by atoms with Gasteiger partial charge in [-0.25, -0.2) is 0 Å². The van der Waals surface area contributed by atoms with E-state index in [1.165, 1.54) is 11.1 Å². The number of hydrogen-bond acceptors (Lipinski definition) is 2. The van der Waals surface area contributed by atoms with Crippen molar-refractivity contribution in [3.05, 3.63) is 35.4 Å². The van der Waals surface area contributed by atoms with E-state index < -0.39 is 5.97 Å². The van der Waals surface area contributed by atoms with Crippen LogP contribution in [-0.2, 0) is 16.0 Å². The van der Waals surface area contributed by atoms with Crippen LogP contribution in [0.1, 0.15) is 42.7 Å². The van der Waals surface area contributed by atoms with Crippen molar-refractivity contribution < 1.29 is 14.7 Å². The lowest BCUT2D eigenvalue weighted by Gasteiger charge is -2.28. The number of benzene rings is 1. The topological polar surface area (TPSA) is 57.6 Å². The minimum Gasteiger partial charge on any atom is -0.481 e. The van der Waals surface area contributed by atoms with Gasteiger partial charge in [0.05, 0.1) is 5.92 Å².